The summed E-state index contributed by atoms with van der Waals surface area (Å²) in [4.78, 5) is 0. The third kappa shape index (κ3) is 3.10. The minimum Gasteiger partial charge on any atom is -0.490 e. The van der Waals surface area contributed by atoms with Crippen LogP contribution in [-0.4, -0.2) is 16.8 Å². The molecule has 19 heavy (non-hydrogen) atoms. The van der Waals surface area contributed by atoms with Gasteiger partial charge in [-0.2, -0.15) is 5.10 Å². The van der Waals surface area contributed by atoms with E-state index in [-0.39, 0.29) is 12.4 Å². The highest BCUT2D eigenvalue weighted by atomic mass is 19.4. The molecule has 0 spiro atoms. The first-order chi connectivity index (χ1) is 8.88. The van der Waals surface area contributed by atoms with E-state index in [1.165, 1.54) is 18.2 Å². The minimum atomic E-state index is -5.07. The molecule has 2 rings (SSSR count). The Bertz CT molecular complexity index is 581. The lowest BCUT2D eigenvalue weighted by atomic mass is 9.79. The smallest absolute Gasteiger partial charge is 0.490 e. The molecule has 0 aliphatic carbocycles. The average Bonchev–Trinajstić information content (AvgIpc) is 2.64. The van der Waals surface area contributed by atoms with Crippen LogP contribution in [0.25, 0.3) is 0 Å². The van der Waals surface area contributed by atoms with Crippen LogP contribution < -0.4 is 10.2 Å². The fourth-order valence-corrected chi connectivity index (χ4v) is 1.83. The Kier molecular flexibility index (Phi) is 3.55. The Hall–Kier alpha value is -1.92. The van der Waals surface area contributed by atoms with Crippen molar-refractivity contribution in [3.63, 3.8) is 0 Å². The first kappa shape index (κ1) is 13.5. The first-order valence-corrected chi connectivity index (χ1v) is 5.79. The molecule has 0 N–H and O–H groups in total. The Morgan fingerprint density at radius 1 is 1.26 bits per heavy atom. The summed E-state index contributed by atoms with van der Waals surface area (Å²) >= 11 is 0. The van der Waals surface area contributed by atoms with Crippen LogP contribution >= 0.6 is 0 Å². The van der Waals surface area contributed by atoms with Gasteiger partial charge < -0.3 is 17.7 Å². The number of hydrogen-bond donors (Lipinski definition) is 0. The molecule has 0 saturated heterocycles. The number of ether oxygens (including phenoxy) is 1. The average molecular weight is 269 g/mol. The summed E-state index contributed by atoms with van der Waals surface area (Å²) in [5.41, 5.74) is 0.817. The van der Waals surface area contributed by atoms with E-state index >= 15 is 0 Å². The van der Waals surface area contributed by atoms with Gasteiger partial charge in [0, 0.05) is 7.05 Å². The highest BCUT2D eigenvalue weighted by Crippen LogP contribution is 2.18. The van der Waals surface area contributed by atoms with Crippen molar-refractivity contribution in [1.82, 2.24) is 9.78 Å². The van der Waals surface area contributed by atoms with E-state index in [9.17, 15) is 12.9 Å². The Labute approximate surface area is 109 Å². The second-order valence-electron chi connectivity index (χ2n) is 4.30. The SMILES string of the molecule is Cc1cc(COc2ccccc2[B-](F)(F)F)n(C)n1. The number of hydrogen-bond acceptors (Lipinski definition) is 2. The summed E-state index contributed by atoms with van der Waals surface area (Å²) in [5, 5.41) is 4.11. The summed E-state index contributed by atoms with van der Waals surface area (Å²) in [6.45, 7) is -3.20. The lowest BCUT2D eigenvalue weighted by Gasteiger charge is -2.19. The molecule has 0 aliphatic heterocycles. The van der Waals surface area contributed by atoms with Crippen molar-refractivity contribution >= 4 is 12.4 Å². The monoisotopic (exact) mass is 269 g/mol. The van der Waals surface area contributed by atoms with Crippen molar-refractivity contribution in [2.45, 2.75) is 13.5 Å². The van der Waals surface area contributed by atoms with Crippen molar-refractivity contribution in [2.75, 3.05) is 0 Å². The standard InChI is InChI=1S/C12H13BF3N2O/c1-9-7-10(18(2)17-9)8-19-12-6-4-3-5-11(12)13(14,15)16/h3-7H,8H2,1-2H3/q-1. The van der Waals surface area contributed by atoms with Crippen LogP contribution in [0, 0.1) is 6.92 Å². The van der Waals surface area contributed by atoms with Gasteiger partial charge in [0.1, 0.15) is 6.61 Å². The largest absolute Gasteiger partial charge is 0.513 e. The molecule has 0 amide bonds. The van der Waals surface area contributed by atoms with Crippen LogP contribution in [0.5, 0.6) is 5.75 Å². The molecule has 1 aromatic carbocycles. The topological polar surface area (TPSA) is 27.1 Å². The Morgan fingerprint density at radius 3 is 2.53 bits per heavy atom. The fourth-order valence-electron chi connectivity index (χ4n) is 1.83. The molecule has 0 aliphatic rings. The number of aryl methyl sites for hydroxylation is 2. The van der Waals surface area contributed by atoms with Gasteiger partial charge in [0.15, 0.2) is 0 Å². The molecule has 0 radical (unpaired) electrons. The van der Waals surface area contributed by atoms with Gasteiger partial charge in [0.2, 0.25) is 0 Å². The van der Waals surface area contributed by atoms with Crippen LogP contribution in [0.2, 0.25) is 0 Å². The number of benzene rings is 1. The van der Waals surface area contributed by atoms with Crippen molar-refractivity contribution in [3.05, 3.63) is 41.7 Å². The molecule has 1 heterocycles. The molecule has 102 valence electrons. The Balaban J connectivity index is 2.18. The van der Waals surface area contributed by atoms with Crippen LogP contribution in [0.1, 0.15) is 11.4 Å². The summed E-state index contributed by atoms with van der Waals surface area (Å²) in [6, 6.07) is 7.01. The number of halogens is 3. The van der Waals surface area contributed by atoms with E-state index in [0.717, 1.165) is 17.5 Å². The normalized spacial score (nSPS) is 11.6. The van der Waals surface area contributed by atoms with Gasteiger partial charge in [-0.3, -0.25) is 4.68 Å². The van der Waals surface area contributed by atoms with E-state index < -0.39 is 12.4 Å². The summed E-state index contributed by atoms with van der Waals surface area (Å²) in [7, 11) is 1.73. The molecular formula is C12H13BF3N2O-. The van der Waals surface area contributed by atoms with Crippen LogP contribution in [-0.2, 0) is 13.7 Å². The van der Waals surface area contributed by atoms with Gasteiger partial charge in [-0.05, 0) is 19.1 Å². The van der Waals surface area contributed by atoms with Crippen molar-refractivity contribution in [3.8, 4) is 5.75 Å². The molecule has 0 atom stereocenters. The molecule has 3 nitrogen and oxygen atoms in total. The molecule has 0 fully saturated rings. The van der Waals surface area contributed by atoms with Gasteiger partial charge in [-0.15, -0.1) is 0 Å². The van der Waals surface area contributed by atoms with Crippen LogP contribution in [0.15, 0.2) is 30.3 Å². The highest BCUT2D eigenvalue weighted by molar-refractivity contribution is 6.74. The zero-order valence-electron chi connectivity index (χ0n) is 10.6. The maximum Gasteiger partial charge on any atom is 0.513 e. The molecule has 1 aromatic heterocycles. The highest BCUT2D eigenvalue weighted by Gasteiger charge is 2.28. The molecule has 0 unspecified atom stereocenters. The third-order valence-corrected chi connectivity index (χ3v) is 2.75. The van der Waals surface area contributed by atoms with Gasteiger partial charge in [0.25, 0.3) is 0 Å². The molecule has 0 saturated carbocycles. The van der Waals surface area contributed by atoms with Crippen molar-refractivity contribution in [2.24, 2.45) is 7.05 Å². The zero-order valence-corrected chi connectivity index (χ0v) is 10.6. The summed E-state index contributed by atoms with van der Waals surface area (Å²) < 4.78 is 45.3. The van der Waals surface area contributed by atoms with E-state index in [1.54, 1.807) is 17.8 Å². The van der Waals surface area contributed by atoms with E-state index in [0.29, 0.717) is 0 Å². The second kappa shape index (κ2) is 4.99. The van der Waals surface area contributed by atoms with E-state index in [4.69, 9.17) is 4.74 Å². The van der Waals surface area contributed by atoms with Gasteiger partial charge in [0.05, 0.1) is 17.1 Å². The maximum atomic E-state index is 12.8. The predicted octanol–water partition coefficient (Wildman–Crippen LogP) is 2.36. The van der Waals surface area contributed by atoms with Crippen molar-refractivity contribution < 1.29 is 17.7 Å². The predicted molar refractivity (Wildman–Crippen MR) is 67.4 cm³/mol. The number of para-hydroxylation sites is 1. The second-order valence-corrected chi connectivity index (χ2v) is 4.30. The van der Waals surface area contributed by atoms with E-state index in [2.05, 4.69) is 5.10 Å². The number of nitrogens with zero attached hydrogens (tertiary/aromatic N) is 2. The summed E-state index contributed by atoms with van der Waals surface area (Å²) in [5.74, 6) is -0.145. The number of rotatable bonds is 4. The first-order valence-electron chi connectivity index (χ1n) is 5.79. The van der Waals surface area contributed by atoms with Crippen LogP contribution in [0.3, 0.4) is 0 Å². The maximum absolute atomic E-state index is 12.8. The summed E-state index contributed by atoms with van der Waals surface area (Å²) in [6.07, 6.45) is 0. The van der Waals surface area contributed by atoms with E-state index in [1.807, 2.05) is 6.92 Å². The fraction of sp³-hybridized carbons (Fsp3) is 0.250. The van der Waals surface area contributed by atoms with Gasteiger partial charge in [-0.25, -0.2) is 0 Å². The van der Waals surface area contributed by atoms with Crippen molar-refractivity contribution in [1.29, 1.82) is 0 Å². The zero-order chi connectivity index (χ0) is 14.0. The molecule has 7 heteroatoms. The molecular weight excluding hydrogens is 256 g/mol. The Morgan fingerprint density at radius 2 is 1.95 bits per heavy atom. The molecule has 2 aromatic rings. The third-order valence-electron chi connectivity index (χ3n) is 2.75. The number of aromatic nitrogens is 2. The lowest BCUT2D eigenvalue weighted by molar-refractivity contribution is 0.295. The van der Waals surface area contributed by atoms with Crippen LogP contribution in [0.4, 0.5) is 12.9 Å². The van der Waals surface area contributed by atoms with Gasteiger partial charge in [-0.1, -0.05) is 23.7 Å². The lowest BCUT2D eigenvalue weighted by Crippen LogP contribution is -2.35. The quantitative estimate of drug-likeness (QED) is 0.797. The van der Waals surface area contributed by atoms with Gasteiger partial charge >= 0.3 is 6.98 Å². The minimum absolute atomic E-state index is 0.0561. The molecule has 0 bridgehead atoms.